The van der Waals surface area contributed by atoms with Crippen LogP contribution >= 0.6 is 11.3 Å². The van der Waals surface area contributed by atoms with Crippen LogP contribution in [0, 0.1) is 23.7 Å². The average molecular weight is 1480 g/mol. The van der Waals surface area contributed by atoms with Crippen LogP contribution in [-0.2, 0) is 61.3 Å². The quantitative estimate of drug-likeness (QED) is 0.0114. The fourth-order valence-electron chi connectivity index (χ4n) is 15.8. The summed E-state index contributed by atoms with van der Waals surface area (Å²) < 4.78 is 55.0. The molecule has 2 aliphatic carbocycles. The number of unbranched alkanes of at least 4 members (excludes halogenated alkanes) is 2. The number of carbonyl (C=O) groups excluding carboxylic acids is 6. The minimum absolute atomic E-state index is 0.0222. The van der Waals surface area contributed by atoms with Gasteiger partial charge in [-0.05, 0) is 145 Å². The summed E-state index contributed by atoms with van der Waals surface area (Å²) in [5.74, 6) is -5.23. The summed E-state index contributed by atoms with van der Waals surface area (Å²) in [6.45, 7) is 8.36. The molecule has 5 heterocycles. The number of Topliss-reactive ketones (excluding diaryl/α,β-unsaturated/α-hetero) is 1. The molecule has 8 atom stereocenters. The van der Waals surface area contributed by atoms with Crippen LogP contribution in [0.4, 0.5) is 15.6 Å². The van der Waals surface area contributed by atoms with Gasteiger partial charge in [0.2, 0.25) is 5.91 Å². The number of aromatic carboxylic acids is 1. The number of fused-ring (bicyclic) bond motifs is 4. The van der Waals surface area contributed by atoms with Gasteiger partial charge in [-0.25, -0.2) is 24.4 Å². The van der Waals surface area contributed by atoms with Gasteiger partial charge in [0.15, 0.2) is 16.9 Å². The molecule has 0 radical (unpaired) electrons. The minimum atomic E-state index is -4.55. The number of amides is 5. The van der Waals surface area contributed by atoms with E-state index in [2.05, 4.69) is 36.4 Å². The van der Waals surface area contributed by atoms with E-state index in [4.69, 9.17) is 24.3 Å². The number of para-hydroxylation sites is 1. The van der Waals surface area contributed by atoms with Gasteiger partial charge in [-0.2, -0.15) is 13.5 Å². The number of pyridine rings is 1. The molecule has 2 saturated carbocycles. The molecule has 2 bridgehead atoms. The second kappa shape index (κ2) is 32.5. The van der Waals surface area contributed by atoms with E-state index in [0.29, 0.717) is 94.7 Å². The lowest BCUT2D eigenvalue weighted by Gasteiger charge is -2.58. The zero-order valence-corrected chi connectivity index (χ0v) is 60.3. The number of ether oxygens (including phenoxy) is 3. The maximum absolute atomic E-state index is 13.9. The molecule has 3 aromatic heterocycles. The summed E-state index contributed by atoms with van der Waals surface area (Å²) in [5, 5.41) is 64.7. The van der Waals surface area contributed by atoms with E-state index in [1.54, 1.807) is 54.7 Å². The third kappa shape index (κ3) is 19.0. The van der Waals surface area contributed by atoms with Gasteiger partial charge in [-0.1, -0.05) is 93.1 Å². The number of aliphatic hydroxyl groups excluding tert-OH is 3. The van der Waals surface area contributed by atoms with Crippen molar-refractivity contribution < 1.29 is 91.1 Å². The van der Waals surface area contributed by atoms with E-state index in [1.165, 1.54) is 29.6 Å². The number of carbonyl (C=O) groups is 8. The molecule has 4 aromatic carbocycles. The molecular weight excluding hydrogens is 1390 g/mol. The van der Waals surface area contributed by atoms with Crippen LogP contribution in [-0.4, -0.2) is 190 Å². The van der Waals surface area contributed by atoms with Gasteiger partial charge in [-0.15, -0.1) is 0 Å². The van der Waals surface area contributed by atoms with Crippen molar-refractivity contribution in [1.82, 2.24) is 29.5 Å². The highest BCUT2D eigenvalue weighted by Crippen LogP contribution is 2.60. The number of nitrogens with one attached hydrogen (secondary N) is 2. The molecule has 27 nitrogen and oxygen atoms in total. The molecule has 5 amide bonds. The van der Waals surface area contributed by atoms with Gasteiger partial charge < -0.3 is 50.0 Å². The Morgan fingerprint density at radius 3 is 2.32 bits per heavy atom. The summed E-state index contributed by atoms with van der Waals surface area (Å²) in [6, 6.07) is 26.8. The lowest BCUT2D eigenvalue weighted by Crippen LogP contribution is -2.60. The molecule has 3 unspecified atom stereocenters. The Bertz CT molecular complexity index is 4610. The van der Waals surface area contributed by atoms with Gasteiger partial charge in [0, 0.05) is 97.6 Å². The molecule has 556 valence electrons. The van der Waals surface area contributed by atoms with Crippen LogP contribution in [0.1, 0.15) is 135 Å². The molecule has 8 N–H and O–H groups in total. The highest BCUT2D eigenvalue weighted by molar-refractivity contribution is 7.85. The molecular formula is C76H86N8O19S2. The normalized spacial score (nSPS) is 22.2. The standard InChI is InChI=1S/C76H86N8O19S2/c1-45-55(52-25-26-56(79-64(52)70(93)94)49-24-23-48-14-10-17-53(54(48)36-49)69(92)81-72-80-57-18-7-8-19-60(57)104-72)40-77-84(45)41-47-38-75(4)42-74(2,3)43-76(39-47,44-75)102-33-30-82(31-34-105(98,99)100)73(97)101-32-12-13-46-21-22-50(37-59-65(89)66(90)67(91)68(103-59)71(95)96)58(35-46)78-61(86)20-11-16-51(85)15-6-5-9-29-83-62(87)27-28-63(83)88/h7-8,10,12-14,17-19,21-28,35-36,40,47,59,65-68,89-91H,5-6,9,11,15-16,20,29-34,37-39,41-44H2,1-4H3,(H,78,86)(H,93,94)(H,95,96)(H,80,81,92)(H,98,99,100)/b13-12+/t47?,59-,65-,66+,67-,68-,75?,76?/m0/s1. The Kier molecular flexibility index (Phi) is 23.7. The number of thiazole rings is 1. The van der Waals surface area contributed by atoms with Gasteiger partial charge in [0.25, 0.3) is 27.8 Å². The number of aromatic nitrogens is 4. The summed E-state index contributed by atoms with van der Waals surface area (Å²) >= 11 is 1.37. The third-order valence-electron chi connectivity index (χ3n) is 19.9. The zero-order valence-electron chi connectivity index (χ0n) is 58.6. The van der Waals surface area contributed by atoms with E-state index < -0.39 is 82.5 Å². The van der Waals surface area contributed by atoms with Crippen molar-refractivity contribution in [3.63, 3.8) is 0 Å². The van der Waals surface area contributed by atoms with Crippen LogP contribution < -0.4 is 10.6 Å². The van der Waals surface area contributed by atoms with E-state index >= 15 is 0 Å². The number of imide groups is 1. The summed E-state index contributed by atoms with van der Waals surface area (Å²) in [6.07, 6.45) is 3.05. The number of hydrogen-bond donors (Lipinski definition) is 8. The lowest BCUT2D eigenvalue weighted by atomic mass is 9.51. The maximum atomic E-state index is 13.9. The molecule has 3 fully saturated rings. The molecule has 11 rings (SSSR count). The van der Waals surface area contributed by atoms with Crippen molar-refractivity contribution >= 4 is 107 Å². The van der Waals surface area contributed by atoms with E-state index in [-0.39, 0.29) is 110 Å². The maximum Gasteiger partial charge on any atom is 0.410 e. The number of carboxylic acid groups (broad SMARTS) is 2. The van der Waals surface area contributed by atoms with Crippen molar-refractivity contribution in [3.8, 4) is 22.4 Å². The predicted octanol–water partition coefficient (Wildman–Crippen LogP) is 9.70. The fourth-order valence-corrected chi connectivity index (χ4v) is 17.1. The van der Waals surface area contributed by atoms with Crippen molar-refractivity contribution in [2.75, 3.05) is 49.2 Å². The Labute approximate surface area is 610 Å². The van der Waals surface area contributed by atoms with E-state index in [9.17, 15) is 76.9 Å². The van der Waals surface area contributed by atoms with Crippen molar-refractivity contribution in [3.05, 3.63) is 143 Å². The Morgan fingerprint density at radius 2 is 1.57 bits per heavy atom. The van der Waals surface area contributed by atoms with Crippen molar-refractivity contribution in [2.24, 2.45) is 16.7 Å². The van der Waals surface area contributed by atoms with Crippen molar-refractivity contribution in [1.29, 1.82) is 0 Å². The second-order valence-corrected chi connectivity index (χ2v) is 31.5. The summed E-state index contributed by atoms with van der Waals surface area (Å²) in [7, 11) is -4.55. The molecule has 2 aliphatic heterocycles. The topological polar surface area (TPSA) is 394 Å². The number of rotatable bonds is 31. The first kappa shape index (κ1) is 76.7. The minimum Gasteiger partial charge on any atom is -0.479 e. The molecule has 29 heteroatoms. The number of hydrogen-bond acceptors (Lipinski definition) is 20. The largest absolute Gasteiger partial charge is 0.479 e. The molecule has 1 saturated heterocycles. The van der Waals surface area contributed by atoms with Gasteiger partial charge in [-0.3, -0.25) is 43.4 Å². The second-order valence-electron chi connectivity index (χ2n) is 28.9. The predicted molar refractivity (Wildman–Crippen MR) is 389 cm³/mol. The molecule has 0 spiro atoms. The molecule has 4 aliphatic rings. The van der Waals surface area contributed by atoms with Crippen LogP contribution in [0.5, 0.6) is 0 Å². The first-order valence-corrected chi connectivity index (χ1v) is 37.4. The number of aliphatic carboxylic acids is 1. The third-order valence-corrected chi connectivity index (χ3v) is 21.5. The monoisotopic (exact) mass is 1480 g/mol. The smallest absolute Gasteiger partial charge is 0.410 e. The van der Waals surface area contributed by atoms with Crippen LogP contribution in [0.2, 0.25) is 0 Å². The number of aliphatic hydroxyl groups is 3. The highest BCUT2D eigenvalue weighted by Gasteiger charge is 2.55. The average Bonchev–Trinajstić information content (AvgIpc) is 0.838. The van der Waals surface area contributed by atoms with E-state index in [0.717, 1.165) is 43.9 Å². The van der Waals surface area contributed by atoms with Gasteiger partial charge in [0.05, 0.1) is 46.2 Å². The number of nitrogens with zero attached hydrogens (tertiary/aromatic N) is 6. The van der Waals surface area contributed by atoms with Gasteiger partial charge >= 0.3 is 18.0 Å². The zero-order chi connectivity index (χ0) is 75.1. The van der Waals surface area contributed by atoms with Crippen molar-refractivity contribution in [2.45, 2.75) is 154 Å². The Morgan fingerprint density at radius 1 is 0.800 bits per heavy atom. The summed E-state index contributed by atoms with van der Waals surface area (Å²) in [4.78, 5) is 114. The Balaban J connectivity index is 0.726. The SMILES string of the molecule is Cc1c(-c2ccc(-c3ccc4cccc(C(=O)Nc5nc6ccccc6s5)c4c3)nc2C(=O)O)cnn1CC1CC2(C)CC(C)(C)CC(OCCN(CCS(=O)(=O)O)C(=O)OC/C=C/c3ccc(C[C@@H]4O[C@H](C(=O)O)[C@@H](O)[C@H](O)[C@H]4O)c(NC(=O)CCCC(=O)CCCCCN4C(=O)C=CC4=O)c3)(C1)C2. The van der Waals surface area contributed by atoms with Crippen LogP contribution in [0.3, 0.4) is 0 Å². The Hall–Kier alpha value is -9.46. The van der Waals surface area contributed by atoms with Crippen LogP contribution in [0.25, 0.3) is 49.4 Å². The number of ketones is 1. The number of benzene rings is 4. The molecule has 105 heavy (non-hydrogen) atoms. The lowest BCUT2D eigenvalue weighted by molar-refractivity contribution is -0.227. The number of anilines is 2. The fraction of sp³-hybridized carbons (Fsp3) is 0.434. The number of carboxylic acids is 2. The summed E-state index contributed by atoms with van der Waals surface area (Å²) in [5.41, 5.74) is 3.67. The molecule has 7 aromatic rings. The van der Waals surface area contributed by atoms with E-state index in [1.807, 2.05) is 60.1 Å². The van der Waals surface area contributed by atoms with Gasteiger partial charge in [0.1, 0.15) is 30.7 Å². The highest BCUT2D eigenvalue weighted by atomic mass is 32.2. The first-order chi connectivity index (χ1) is 49.9. The van der Waals surface area contributed by atoms with Crippen LogP contribution in [0.15, 0.2) is 115 Å². The first-order valence-electron chi connectivity index (χ1n) is 35.0.